The summed E-state index contributed by atoms with van der Waals surface area (Å²) in [6, 6.07) is 17.1. The van der Waals surface area contributed by atoms with Gasteiger partial charge in [-0.3, -0.25) is 4.98 Å². The Balaban J connectivity index is 1.53. The van der Waals surface area contributed by atoms with Crippen LogP contribution in [0.25, 0.3) is 0 Å². The van der Waals surface area contributed by atoms with Crippen LogP contribution in [-0.2, 0) is 0 Å². The third kappa shape index (κ3) is 3.92. The van der Waals surface area contributed by atoms with Crippen LogP contribution in [-0.4, -0.2) is 21.3 Å². The van der Waals surface area contributed by atoms with Crippen LogP contribution >= 0.6 is 12.2 Å². The second-order valence-corrected chi connectivity index (χ2v) is 8.64. The Labute approximate surface area is 189 Å². The highest BCUT2D eigenvalue weighted by molar-refractivity contribution is 7.80. The zero-order chi connectivity index (χ0) is 21.2. The fourth-order valence-corrected chi connectivity index (χ4v) is 5.22. The predicted octanol–water partition coefficient (Wildman–Crippen LogP) is 5.57. The van der Waals surface area contributed by atoms with Gasteiger partial charge in [0.15, 0.2) is 5.11 Å². The van der Waals surface area contributed by atoms with E-state index in [1.165, 1.54) is 31.2 Å². The van der Waals surface area contributed by atoms with E-state index in [1.54, 1.807) is 0 Å². The number of hydrogen-bond donors (Lipinski definition) is 1. The molecule has 1 saturated heterocycles. The van der Waals surface area contributed by atoms with Gasteiger partial charge in [-0.1, -0.05) is 18.9 Å². The molecule has 2 atom stereocenters. The molecule has 3 aromatic rings. The predicted molar refractivity (Wildman–Crippen MR) is 127 cm³/mol. The van der Waals surface area contributed by atoms with Crippen LogP contribution < -0.4 is 15.0 Å². The summed E-state index contributed by atoms with van der Waals surface area (Å²) < 4.78 is 8.03. The van der Waals surface area contributed by atoms with Gasteiger partial charge >= 0.3 is 0 Å². The molecule has 0 spiro atoms. The van der Waals surface area contributed by atoms with Gasteiger partial charge in [-0.05, 0) is 80.0 Å². The molecular formula is C25H28N4OS. The van der Waals surface area contributed by atoms with Crippen LogP contribution in [0.2, 0.25) is 0 Å². The van der Waals surface area contributed by atoms with E-state index in [1.807, 2.05) is 37.4 Å². The second-order valence-electron chi connectivity index (χ2n) is 8.25. The Morgan fingerprint density at radius 3 is 2.61 bits per heavy atom. The van der Waals surface area contributed by atoms with Gasteiger partial charge in [0.05, 0.1) is 24.4 Å². The molecule has 160 valence electrons. The van der Waals surface area contributed by atoms with Crippen LogP contribution in [0.3, 0.4) is 0 Å². The van der Waals surface area contributed by atoms with Crippen LogP contribution in [0.5, 0.6) is 5.75 Å². The van der Waals surface area contributed by atoms with Crippen molar-refractivity contribution in [3.8, 4) is 5.75 Å². The quantitative estimate of drug-likeness (QED) is 0.516. The molecule has 1 aliphatic heterocycles. The minimum atomic E-state index is -0.0142. The molecule has 1 saturated carbocycles. The van der Waals surface area contributed by atoms with Gasteiger partial charge in [0.2, 0.25) is 0 Å². The van der Waals surface area contributed by atoms with Gasteiger partial charge < -0.3 is 19.5 Å². The maximum atomic E-state index is 5.82. The molecule has 5 nitrogen and oxygen atoms in total. The average molecular weight is 433 g/mol. The van der Waals surface area contributed by atoms with E-state index >= 15 is 0 Å². The number of rotatable bonds is 6. The van der Waals surface area contributed by atoms with Crippen LogP contribution in [0.15, 0.2) is 67.1 Å². The largest absolute Gasteiger partial charge is 0.494 e. The number of hydrogen-bond acceptors (Lipinski definition) is 3. The number of anilines is 1. The van der Waals surface area contributed by atoms with Gasteiger partial charge in [-0.25, -0.2) is 0 Å². The third-order valence-electron chi connectivity index (χ3n) is 6.35. The molecule has 0 bridgehead atoms. The molecule has 1 aromatic carbocycles. The molecule has 5 rings (SSSR count). The lowest BCUT2D eigenvalue weighted by molar-refractivity contribution is 0.340. The zero-order valence-corrected chi connectivity index (χ0v) is 18.6. The Morgan fingerprint density at radius 2 is 1.90 bits per heavy atom. The highest BCUT2D eigenvalue weighted by Gasteiger charge is 2.41. The highest BCUT2D eigenvalue weighted by Crippen LogP contribution is 2.42. The van der Waals surface area contributed by atoms with Crippen molar-refractivity contribution in [3.05, 3.63) is 78.4 Å². The number of aromatic nitrogens is 2. The summed E-state index contributed by atoms with van der Waals surface area (Å²) in [7, 11) is 0. The minimum absolute atomic E-state index is 0.0142. The summed E-state index contributed by atoms with van der Waals surface area (Å²) in [5.74, 6) is 0.870. The van der Waals surface area contributed by atoms with Crippen molar-refractivity contribution < 1.29 is 4.74 Å². The smallest absolute Gasteiger partial charge is 0.174 e. The van der Waals surface area contributed by atoms with Crippen LogP contribution in [0.4, 0.5) is 5.69 Å². The first-order valence-corrected chi connectivity index (χ1v) is 11.6. The Hall–Kier alpha value is -2.86. The van der Waals surface area contributed by atoms with Crippen molar-refractivity contribution in [1.29, 1.82) is 0 Å². The Morgan fingerprint density at radius 1 is 1.10 bits per heavy atom. The molecule has 1 aliphatic carbocycles. The number of thiocarbonyl (C=S) groups is 1. The molecular weight excluding hydrogens is 404 g/mol. The Bertz CT molecular complexity index is 1030. The topological polar surface area (TPSA) is 42.3 Å². The van der Waals surface area contributed by atoms with E-state index in [-0.39, 0.29) is 12.1 Å². The maximum Gasteiger partial charge on any atom is 0.174 e. The normalized spacial score (nSPS) is 21.5. The number of nitrogens with zero attached hydrogens (tertiary/aromatic N) is 3. The second kappa shape index (κ2) is 8.71. The van der Waals surface area contributed by atoms with E-state index in [4.69, 9.17) is 17.0 Å². The van der Waals surface area contributed by atoms with Gasteiger partial charge in [-0.15, -0.1) is 0 Å². The number of pyridine rings is 1. The summed E-state index contributed by atoms with van der Waals surface area (Å²) in [6.45, 7) is 2.65. The van der Waals surface area contributed by atoms with Crippen LogP contribution in [0.1, 0.15) is 62.0 Å². The van der Waals surface area contributed by atoms with Crippen molar-refractivity contribution in [2.75, 3.05) is 11.5 Å². The lowest BCUT2D eigenvalue weighted by atomic mass is 9.98. The van der Waals surface area contributed by atoms with Crippen LogP contribution in [0, 0.1) is 0 Å². The van der Waals surface area contributed by atoms with E-state index in [0.29, 0.717) is 12.6 Å². The molecule has 0 amide bonds. The van der Waals surface area contributed by atoms with Crippen molar-refractivity contribution >= 4 is 23.0 Å². The van der Waals surface area contributed by atoms with E-state index in [9.17, 15) is 0 Å². The first-order chi connectivity index (χ1) is 15.2. The fraction of sp³-hybridized carbons (Fsp3) is 0.360. The SMILES string of the molecule is CCOc1ccc(N2C(=S)N[C@H](c3ccccn3)[C@@H]2c2ccn(C3CCCC3)c2)cc1. The third-order valence-corrected chi connectivity index (χ3v) is 6.66. The molecule has 2 fully saturated rings. The van der Waals surface area contributed by atoms with Gasteiger partial charge in [0.1, 0.15) is 5.75 Å². The molecule has 6 heteroatoms. The average Bonchev–Trinajstić information content (AvgIpc) is 3.55. The van der Waals surface area contributed by atoms with Crippen molar-refractivity contribution in [2.45, 2.75) is 50.7 Å². The monoisotopic (exact) mass is 432 g/mol. The molecule has 2 aromatic heterocycles. The standard InChI is InChI=1S/C25H28N4OS/c1-2-30-21-12-10-20(11-13-21)29-24(18-14-16-28(17-18)19-7-3-4-8-19)23(27-25(29)31)22-9-5-6-15-26-22/h5-6,9-17,19,23-24H,2-4,7-8H2,1H3,(H,27,31)/t23-,24+/m1/s1. The highest BCUT2D eigenvalue weighted by atomic mass is 32.1. The van der Waals surface area contributed by atoms with Gasteiger partial charge in [0, 0.05) is 30.3 Å². The lowest BCUT2D eigenvalue weighted by Crippen LogP contribution is -2.29. The first kappa shape index (κ1) is 20.1. The summed E-state index contributed by atoms with van der Waals surface area (Å²) in [4.78, 5) is 6.87. The lowest BCUT2D eigenvalue weighted by Gasteiger charge is -2.27. The van der Waals surface area contributed by atoms with E-state index in [2.05, 4.69) is 56.4 Å². The first-order valence-electron chi connectivity index (χ1n) is 11.2. The molecule has 2 aliphatic rings. The van der Waals surface area contributed by atoms with E-state index < -0.39 is 0 Å². The number of ether oxygens (including phenoxy) is 1. The minimum Gasteiger partial charge on any atom is -0.494 e. The molecule has 3 heterocycles. The molecule has 0 unspecified atom stereocenters. The summed E-state index contributed by atoms with van der Waals surface area (Å²) in [6.07, 6.45) is 11.6. The van der Waals surface area contributed by atoms with Gasteiger partial charge in [-0.2, -0.15) is 0 Å². The molecule has 1 N–H and O–H groups in total. The summed E-state index contributed by atoms with van der Waals surface area (Å²) >= 11 is 5.82. The summed E-state index contributed by atoms with van der Waals surface area (Å²) in [5, 5.41) is 4.26. The molecule has 0 radical (unpaired) electrons. The zero-order valence-electron chi connectivity index (χ0n) is 17.8. The fourth-order valence-electron chi connectivity index (χ4n) is 4.88. The molecule has 31 heavy (non-hydrogen) atoms. The maximum absolute atomic E-state index is 5.82. The van der Waals surface area contributed by atoms with Gasteiger partial charge in [0.25, 0.3) is 0 Å². The number of benzene rings is 1. The van der Waals surface area contributed by atoms with E-state index in [0.717, 1.165) is 22.2 Å². The van der Waals surface area contributed by atoms with Crippen molar-refractivity contribution in [2.24, 2.45) is 0 Å². The number of nitrogens with one attached hydrogen (secondary N) is 1. The summed E-state index contributed by atoms with van der Waals surface area (Å²) in [5.41, 5.74) is 3.30. The Kier molecular flexibility index (Phi) is 5.64. The van der Waals surface area contributed by atoms with Crippen molar-refractivity contribution in [3.63, 3.8) is 0 Å². The van der Waals surface area contributed by atoms with Crippen molar-refractivity contribution in [1.82, 2.24) is 14.9 Å².